The van der Waals surface area contributed by atoms with Gasteiger partial charge in [0.2, 0.25) is 0 Å². The monoisotopic (exact) mass is 579 g/mol. The van der Waals surface area contributed by atoms with Crippen molar-refractivity contribution >= 4 is 11.8 Å². The van der Waals surface area contributed by atoms with Gasteiger partial charge >= 0.3 is 12.8 Å². The summed E-state index contributed by atoms with van der Waals surface area (Å²) < 4.78 is 80.2. The smallest absolute Gasteiger partial charge is 0.416 e. The molecule has 218 valence electrons. The maximum Gasteiger partial charge on any atom is 0.416 e. The Kier molecular flexibility index (Phi) is 8.94. The summed E-state index contributed by atoms with van der Waals surface area (Å²) in [5.74, 6) is -1.63. The van der Waals surface area contributed by atoms with Crippen LogP contribution in [0.15, 0.2) is 60.8 Å². The highest BCUT2D eigenvalue weighted by atomic mass is 19.4. The molecule has 4 rings (SSSR count). The number of para-hydroxylation sites is 1. The third-order valence-electron chi connectivity index (χ3n) is 6.71. The predicted octanol–water partition coefficient (Wildman–Crippen LogP) is 5.15. The molecule has 41 heavy (non-hydrogen) atoms. The minimum Gasteiger partial charge on any atom is -0.491 e. The first-order chi connectivity index (χ1) is 19.5. The Balaban J connectivity index is 1.62. The topological polar surface area (TPSA) is 90.0 Å². The minimum absolute atomic E-state index is 0.0403. The zero-order valence-electron chi connectivity index (χ0n) is 22.0. The molecule has 0 bridgehead atoms. The van der Waals surface area contributed by atoms with Crippen LogP contribution in [0.1, 0.15) is 44.2 Å². The van der Waals surface area contributed by atoms with E-state index < -0.39 is 42.1 Å². The number of carbonyl (C=O) groups excluding carboxylic acids is 2. The molecule has 2 heterocycles. The number of halogens is 5. The van der Waals surface area contributed by atoms with Crippen molar-refractivity contribution in [2.45, 2.75) is 31.2 Å². The number of hydrogen-bond donors (Lipinski definition) is 1. The standard InChI is InChI=1S/C28H26F5N3O5/c1-39-23-13-17(14-34-25(23)40-2)26(38)36-12-11-21(20(15-36)16-7-9-18(10-8-16)28(31,32)33)35-24(37)19-5-3-4-6-22(19)41-27(29)30/h3-10,13-14,20-21,27H,11-12,15H2,1-2H3,(H,35,37)/t20-,21+/m0/s1. The summed E-state index contributed by atoms with van der Waals surface area (Å²) in [6, 6.07) is 10.7. The van der Waals surface area contributed by atoms with Crippen LogP contribution in [-0.4, -0.2) is 61.7 Å². The van der Waals surface area contributed by atoms with Crippen molar-refractivity contribution in [3.8, 4) is 17.4 Å². The Hall–Kier alpha value is -4.42. The number of rotatable bonds is 8. The van der Waals surface area contributed by atoms with Gasteiger partial charge in [-0.2, -0.15) is 22.0 Å². The zero-order chi connectivity index (χ0) is 29.7. The molecule has 0 unspecified atom stereocenters. The molecule has 3 aromatic rings. The quantitative estimate of drug-likeness (QED) is 0.372. The van der Waals surface area contributed by atoms with Crippen LogP contribution < -0.4 is 19.5 Å². The van der Waals surface area contributed by atoms with E-state index in [4.69, 9.17) is 9.47 Å². The van der Waals surface area contributed by atoms with Crippen LogP contribution in [0.2, 0.25) is 0 Å². The van der Waals surface area contributed by atoms with Crippen molar-refractivity contribution in [2.75, 3.05) is 27.3 Å². The fraction of sp³-hybridized carbons (Fsp3) is 0.321. The molecular formula is C28H26F5N3O5. The Bertz CT molecular complexity index is 1380. The van der Waals surface area contributed by atoms with E-state index in [2.05, 4.69) is 15.0 Å². The summed E-state index contributed by atoms with van der Waals surface area (Å²) in [6.07, 6.45) is -3.00. The van der Waals surface area contributed by atoms with Crippen LogP contribution in [0, 0.1) is 0 Å². The first-order valence-corrected chi connectivity index (χ1v) is 12.4. The molecule has 2 atom stereocenters. The maximum absolute atomic E-state index is 13.4. The maximum atomic E-state index is 13.4. The summed E-state index contributed by atoms with van der Waals surface area (Å²) in [6.45, 7) is -2.92. The molecule has 2 aromatic carbocycles. The van der Waals surface area contributed by atoms with Crippen molar-refractivity contribution < 1.29 is 45.8 Å². The largest absolute Gasteiger partial charge is 0.491 e. The number of likely N-dealkylation sites (tertiary alicyclic amines) is 1. The Labute approximate surface area is 232 Å². The first kappa shape index (κ1) is 29.6. The lowest BCUT2D eigenvalue weighted by atomic mass is 9.85. The Morgan fingerprint density at radius 2 is 1.73 bits per heavy atom. The number of hydrogen-bond acceptors (Lipinski definition) is 6. The van der Waals surface area contributed by atoms with Gasteiger partial charge in [0.05, 0.1) is 30.9 Å². The van der Waals surface area contributed by atoms with E-state index in [1.54, 1.807) is 0 Å². The number of aromatic nitrogens is 1. The molecule has 1 aliphatic heterocycles. The summed E-state index contributed by atoms with van der Waals surface area (Å²) in [5.41, 5.74) is -0.327. The van der Waals surface area contributed by atoms with Gasteiger partial charge in [0, 0.05) is 37.3 Å². The molecule has 0 aliphatic carbocycles. The number of benzene rings is 2. The number of nitrogens with zero attached hydrogens (tertiary/aromatic N) is 2. The second kappa shape index (κ2) is 12.4. The molecule has 8 nitrogen and oxygen atoms in total. The molecule has 0 spiro atoms. The van der Waals surface area contributed by atoms with Gasteiger partial charge in [-0.15, -0.1) is 0 Å². The van der Waals surface area contributed by atoms with Gasteiger partial charge < -0.3 is 24.4 Å². The Morgan fingerprint density at radius 1 is 1.02 bits per heavy atom. The molecule has 0 radical (unpaired) electrons. The summed E-state index contributed by atoms with van der Waals surface area (Å²) in [4.78, 5) is 32.1. The molecule has 2 amide bonds. The van der Waals surface area contributed by atoms with Crippen molar-refractivity contribution in [3.63, 3.8) is 0 Å². The van der Waals surface area contributed by atoms with Crippen LogP contribution in [0.5, 0.6) is 17.4 Å². The number of ether oxygens (including phenoxy) is 3. The predicted molar refractivity (Wildman–Crippen MR) is 136 cm³/mol. The molecule has 1 aliphatic rings. The third-order valence-corrected chi connectivity index (χ3v) is 6.71. The number of nitrogens with one attached hydrogen (secondary N) is 1. The molecule has 1 saturated heterocycles. The van der Waals surface area contributed by atoms with Crippen molar-refractivity contribution in [3.05, 3.63) is 83.0 Å². The third kappa shape index (κ3) is 6.84. The Morgan fingerprint density at radius 3 is 2.37 bits per heavy atom. The average molecular weight is 580 g/mol. The van der Waals surface area contributed by atoms with E-state index in [1.165, 1.54) is 67.8 Å². The minimum atomic E-state index is -4.55. The van der Waals surface area contributed by atoms with E-state index in [1.807, 2.05) is 0 Å². The number of amides is 2. The molecular weight excluding hydrogens is 553 g/mol. The fourth-order valence-corrected chi connectivity index (χ4v) is 4.70. The molecule has 1 aromatic heterocycles. The number of carbonyl (C=O) groups is 2. The zero-order valence-corrected chi connectivity index (χ0v) is 22.0. The van der Waals surface area contributed by atoms with E-state index in [9.17, 15) is 31.5 Å². The lowest BCUT2D eigenvalue weighted by molar-refractivity contribution is -0.137. The van der Waals surface area contributed by atoms with Gasteiger partial charge in [-0.05, 0) is 36.2 Å². The average Bonchev–Trinajstić information content (AvgIpc) is 2.96. The summed E-state index contributed by atoms with van der Waals surface area (Å²) >= 11 is 0. The van der Waals surface area contributed by atoms with E-state index in [-0.39, 0.29) is 48.0 Å². The first-order valence-electron chi connectivity index (χ1n) is 12.4. The van der Waals surface area contributed by atoms with Gasteiger partial charge in [-0.1, -0.05) is 24.3 Å². The number of methoxy groups -OCH3 is 2. The second-order valence-electron chi connectivity index (χ2n) is 9.16. The number of piperidine rings is 1. The van der Waals surface area contributed by atoms with E-state index >= 15 is 0 Å². The molecule has 0 saturated carbocycles. The van der Waals surface area contributed by atoms with Crippen LogP contribution in [0.3, 0.4) is 0 Å². The van der Waals surface area contributed by atoms with E-state index in [0.717, 1.165) is 12.1 Å². The van der Waals surface area contributed by atoms with Gasteiger partial charge in [0.15, 0.2) is 5.75 Å². The lowest BCUT2D eigenvalue weighted by Gasteiger charge is -2.39. The van der Waals surface area contributed by atoms with Crippen molar-refractivity contribution in [2.24, 2.45) is 0 Å². The van der Waals surface area contributed by atoms with Gasteiger partial charge in [-0.25, -0.2) is 4.98 Å². The molecule has 13 heteroatoms. The molecule has 1 N–H and O–H groups in total. The van der Waals surface area contributed by atoms with Gasteiger partial charge in [-0.3, -0.25) is 9.59 Å². The van der Waals surface area contributed by atoms with Crippen LogP contribution in [-0.2, 0) is 6.18 Å². The summed E-state index contributed by atoms with van der Waals surface area (Å²) in [5, 5.41) is 2.80. The highest BCUT2D eigenvalue weighted by molar-refractivity contribution is 5.97. The molecule has 1 fully saturated rings. The number of alkyl halides is 5. The highest BCUT2D eigenvalue weighted by Crippen LogP contribution is 2.34. The fourth-order valence-electron chi connectivity index (χ4n) is 4.70. The van der Waals surface area contributed by atoms with Crippen LogP contribution >= 0.6 is 0 Å². The lowest BCUT2D eigenvalue weighted by Crippen LogP contribution is -2.51. The summed E-state index contributed by atoms with van der Waals surface area (Å²) in [7, 11) is 2.80. The van der Waals surface area contributed by atoms with Crippen molar-refractivity contribution in [1.82, 2.24) is 15.2 Å². The van der Waals surface area contributed by atoms with Crippen LogP contribution in [0.4, 0.5) is 22.0 Å². The van der Waals surface area contributed by atoms with Crippen molar-refractivity contribution in [1.29, 1.82) is 0 Å². The van der Waals surface area contributed by atoms with Gasteiger partial charge in [0.25, 0.3) is 17.7 Å². The van der Waals surface area contributed by atoms with Crippen LogP contribution in [0.25, 0.3) is 0 Å². The highest BCUT2D eigenvalue weighted by Gasteiger charge is 2.36. The second-order valence-corrected chi connectivity index (χ2v) is 9.16. The van der Waals surface area contributed by atoms with E-state index in [0.29, 0.717) is 5.56 Å². The van der Waals surface area contributed by atoms with Gasteiger partial charge in [0.1, 0.15) is 5.75 Å². The normalized spacial score (nSPS) is 17.2. The number of pyridine rings is 1. The SMILES string of the molecule is COc1cc(C(=O)N2CC[C@@H](NC(=O)c3ccccc3OC(F)F)[C@H](c3ccc(C(F)(F)F)cc3)C2)cnc1OC.